The minimum absolute atomic E-state index is 0.0736. The number of aromatic hydroxyl groups is 1. The number of rotatable bonds is 2. The summed E-state index contributed by atoms with van der Waals surface area (Å²) in [5.74, 6) is 0.0253. The number of hydrogen-bond acceptors (Lipinski definition) is 3. The predicted molar refractivity (Wildman–Crippen MR) is 51.2 cm³/mol. The highest BCUT2D eigenvalue weighted by atomic mass is 16.3. The summed E-state index contributed by atoms with van der Waals surface area (Å²) < 4.78 is 0. The zero-order valence-corrected chi connectivity index (χ0v) is 7.60. The highest BCUT2D eigenvalue weighted by Gasteiger charge is 2.28. The van der Waals surface area contributed by atoms with Crippen LogP contribution >= 0.6 is 0 Å². The number of benzene rings is 1. The van der Waals surface area contributed by atoms with E-state index in [2.05, 4.69) is 0 Å². The fraction of sp³-hybridized carbons (Fsp3) is 0.300. The van der Waals surface area contributed by atoms with Crippen molar-refractivity contribution in [3.05, 3.63) is 23.8 Å². The number of anilines is 1. The van der Waals surface area contributed by atoms with Crippen LogP contribution in [0.3, 0.4) is 0 Å². The van der Waals surface area contributed by atoms with E-state index < -0.39 is 0 Å². The lowest BCUT2D eigenvalue weighted by Gasteiger charge is -2.16. The van der Waals surface area contributed by atoms with Crippen molar-refractivity contribution in [2.45, 2.75) is 6.42 Å². The van der Waals surface area contributed by atoms with Crippen LogP contribution in [0.15, 0.2) is 18.2 Å². The topological polar surface area (TPSA) is 60.8 Å². The summed E-state index contributed by atoms with van der Waals surface area (Å²) >= 11 is 0. The summed E-state index contributed by atoms with van der Waals surface area (Å²) in [6, 6.07) is 5.07. The van der Waals surface area contributed by atoms with Gasteiger partial charge in [0.1, 0.15) is 5.75 Å². The van der Waals surface area contributed by atoms with Crippen molar-refractivity contribution in [3.8, 4) is 5.75 Å². The molecule has 0 unspecified atom stereocenters. The minimum Gasteiger partial charge on any atom is -0.506 e. The van der Waals surface area contributed by atoms with Crippen molar-refractivity contribution in [1.29, 1.82) is 0 Å². The molecule has 0 bridgehead atoms. The van der Waals surface area contributed by atoms with Crippen LogP contribution in [0.4, 0.5) is 5.69 Å². The van der Waals surface area contributed by atoms with Crippen molar-refractivity contribution < 1.29 is 15.0 Å². The van der Waals surface area contributed by atoms with Crippen molar-refractivity contribution in [1.82, 2.24) is 0 Å². The lowest BCUT2D eigenvalue weighted by Crippen LogP contribution is -2.29. The summed E-state index contributed by atoms with van der Waals surface area (Å²) in [4.78, 5) is 12.9. The van der Waals surface area contributed by atoms with E-state index in [0.29, 0.717) is 12.1 Å². The van der Waals surface area contributed by atoms with Crippen LogP contribution in [-0.4, -0.2) is 29.3 Å². The Balaban J connectivity index is 2.44. The Morgan fingerprint density at radius 3 is 2.93 bits per heavy atom. The van der Waals surface area contributed by atoms with Gasteiger partial charge < -0.3 is 15.1 Å². The number of phenolic OH excluding ortho intramolecular Hbond substituents is 1. The third kappa shape index (κ3) is 1.24. The number of fused-ring (bicyclic) bond motifs is 1. The number of amides is 1. The van der Waals surface area contributed by atoms with Gasteiger partial charge in [-0.25, -0.2) is 0 Å². The number of carbonyl (C=O) groups is 1. The maximum absolute atomic E-state index is 11.5. The molecule has 0 saturated heterocycles. The number of aliphatic hydroxyl groups is 1. The average molecular weight is 193 g/mol. The summed E-state index contributed by atoms with van der Waals surface area (Å²) in [5.41, 5.74) is 1.37. The first-order chi connectivity index (χ1) is 6.74. The van der Waals surface area contributed by atoms with Gasteiger partial charge in [-0.3, -0.25) is 4.79 Å². The van der Waals surface area contributed by atoms with Gasteiger partial charge in [0.15, 0.2) is 0 Å². The number of aliphatic hydroxyl groups excluding tert-OH is 1. The Morgan fingerprint density at radius 1 is 1.43 bits per heavy atom. The largest absolute Gasteiger partial charge is 0.506 e. The van der Waals surface area contributed by atoms with Crippen molar-refractivity contribution in [2.75, 3.05) is 18.1 Å². The Bertz CT molecular complexity index is 376. The minimum atomic E-state index is -0.0977. The molecular weight excluding hydrogens is 182 g/mol. The molecule has 0 fully saturated rings. The lowest BCUT2D eigenvalue weighted by molar-refractivity contribution is -0.117. The van der Waals surface area contributed by atoms with Gasteiger partial charge >= 0.3 is 0 Å². The number of hydrogen-bond donors (Lipinski definition) is 2. The standard InChI is InChI=1S/C10H11NO3/c12-5-4-11-9(14)6-7-2-1-3-8(13)10(7)11/h1-3,12-13H,4-6H2. The molecule has 1 amide bonds. The fourth-order valence-corrected chi connectivity index (χ4v) is 1.75. The number of carbonyl (C=O) groups excluding carboxylic acids is 1. The molecule has 0 spiro atoms. The maximum atomic E-state index is 11.5. The Hall–Kier alpha value is -1.55. The van der Waals surface area contributed by atoms with Crippen LogP contribution in [0.25, 0.3) is 0 Å². The molecule has 1 aromatic carbocycles. The number of nitrogens with zero attached hydrogens (tertiary/aromatic N) is 1. The molecule has 14 heavy (non-hydrogen) atoms. The summed E-state index contributed by atoms with van der Waals surface area (Å²) in [6.07, 6.45) is 0.309. The van der Waals surface area contributed by atoms with E-state index >= 15 is 0 Å². The van der Waals surface area contributed by atoms with E-state index in [9.17, 15) is 9.90 Å². The number of β-amino-alcohol motifs (C(OH)–C–C–N with tert-alkyl or cyclic N) is 1. The molecule has 1 aliphatic rings. The molecular formula is C10H11NO3. The molecule has 74 valence electrons. The van der Waals surface area contributed by atoms with Gasteiger partial charge in [0.05, 0.1) is 18.7 Å². The average Bonchev–Trinajstić information content (AvgIpc) is 2.45. The van der Waals surface area contributed by atoms with Crippen molar-refractivity contribution in [2.24, 2.45) is 0 Å². The van der Waals surface area contributed by atoms with Gasteiger partial charge in [-0.2, -0.15) is 0 Å². The van der Waals surface area contributed by atoms with Crippen LogP contribution in [0, 0.1) is 0 Å². The quantitative estimate of drug-likeness (QED) is 0.709. The Labute approximate surface area is 81.4 Å². The Kier molecular flexibility index (Phi) is 2.13. The maximum Gasteiger partial charge on any atom is 0.231 e. The zero-order chi connectivity index (χ0) is 10.1. The molecule has 0 aromatic heterocycles. The summed E-state index contributed by atoms with van der Waals surface area (Å²) in [5, 5.41) is 18.4. The smallest absolute Gasteiger partial charge is 0.231 e. The highest BCUT2D eigenvalue weighted by Crippen LogP contribution is 2.36. The second-order valence-corrected chi connectivity index (χ2v) is 3.23. The Morgan fingerprint density at radius 2 is 2.21 bits per heavy atom. The van der Waals surface area contributed by atoms with Gasteiger partial charge in [-0.15, -0.1) is 0 Å². The first-order valence-electron chi connectivity index (χ1n) is 4.46. The van der Waals surface area contributed by atoms with Crippen molar-refractivity contribution in [3.63, 3.8) is 0 Å². The van der Waals surface area contributed by atoms with E-state index in [4.69, 9.17) is 5.11 Å². The molecule has 1 aromatic rings. The van der Waals surface area contributed by atoms with Crippen LogP contribution in [-0.2, 0) is 11.2 Å². The molecule has 1 heterocycles. The predicted octanol–water partition coefficient (Wildman–Crippen LogP) is 0.274. The molecule has 4 nitrogen and oxygen atoms in total. The van der Waals surface area contributed by atoms with E-state index in [0.717, 1.165) is 5.56 Å². The monoisotopic (exact) mass is 193 g/mol. The van der Waals surface area contributed by atoms with Crippen LogP contribution in [0.2, 0.25) is 0 Å². The second-order valence-electron chi connectivity index (χ2n) is 3.23. The van der Waals surface area contributed by atoms with E-state index in [1.54, 1.807) is 12.1 Å². The van der Waals surface area contributed by atoms with Gasteiger partial charge in [-0.1, -0.05) is 12.1 Å². The second kappa shape index (κ2) is 3.31. The molecule has 0 saturated carbocycles. The number of para-hydroxylation sites is 1. The van der Waals surface area contributed by atoms with Crippen LogP contribution < -0.4 is 4.90 Å². The van der Waals surface area contributed by atoms with Gasteiger partial charge in [0.2, 0.25) is 5.91 Å². The first-order valence-corrected chi connectivity index (χ1v) is 4.46. The van der Waals surface area contributed by atoms with E-state index in [1.807, 2.05) is 6.07 Å². The van der Waals surface area contributed by atoms with Gasteiger partial charge in [0.25, 0.3) is 0 Å². The SMILES string of the molecule is O=C1Cc2cccc(O)c2N1CCO. The lowest BCUT2D eigenvalue weighted by atomic mass is 10.1. The number of phenols is 1. The fourth-order valence-electron chi connectivity index (χ4n) is 1.75. The third-order valence-corrected chi connectivity index (χ3v) is 2.33. The summed E-state index contributed by atoms with van der Waals surface area (Å²) in [6.45, 7) is 0.142. The molecule has 2 rings (SSSR count). The first kappa shape index (κ1) is 9.02. The van der Waals surface area contributed by atoms with Gasteiger partial charge in [0, 0.05) is 6.54 Å². The third-order valence-electron chi connectivity index (χ3n) is 2.33. The van der Waals surface area contributed by atoms with Crippen molar-refractivity contribution >= 4 is 11.6 Å². The van der Waals surface area contributed by atoms with Crippen LogP contribution in [0.1, 0.15) is 5.56 Å². The van der Waals surface area contributed by atoms with E-state index in [-0.39, 0.29) is 24.8 Å². The molecule has 0 radical (unpaired) electrons. The molecule has 4 heteroatoms. The molecule has 0 aliphatic carbocycles. The molecule has 2 N–H and O–H groups in total. The van der Waals surface area contributed by atoms with Crippen LogP contribution in [0.5, 0.6) is 5.75 Å². The highest BCUT2D eigenvalue weighted by molar-refractivity contribution is 6.03. The van der Waals surface area contributed by atoms with Gasteiger partial charge in [-0.05, 0) is 11.6 Å². The van der Waals surface area contributed by atoms with E-state index in [1.165, 1.54) is 4.90 Å². The molecule has 1 aliphatic heterocycles. The summed E-state index contributed by atoms with van der Waals surface area (Å²) in [7, 11) is 0. The molecule has 0 atom stereocenters. The zero-order valence-electron chi connectivity index (χ0n) is 7.60. The normalized spacial score (nSPS) is 14.6.